The molecule has 0 saturated carbocycles. The summed E-state index contributed by atoms with van der Waals surface area (Å²) >= 11 is 0. The van der Waals surface area contributed by atoms with Gasteiger partial charge in [0.1, 0.15) is 5.76 Å². The predicted molar refractivity (Wildman–Crippen MR) is 101 cm³/mol. The number of hydrogen-bond donors (Lipinski definition) is 3. The van der Waals surface area contributed by atoms with Crippen LogP contribution in [0.5, 0.6) is 0 Å². The largest absolute Gasteiger partial charge is 0.468 e. The fourth-order valence-electron chi connectivity index (χ4n) is 2.67. The zero-order valence-electron chi connectivity index (χ0n) is 15.1. The molecule has 6 nitrogen and oxygen atoms in total. The molecule has 136 valence electrons. The molecule has 1 aromatic heterocycles. The number of benzene rings is 1. The van der Waals surface area contributed by atoms with Crippen molar-refractivity contribution in [1.29, 1.82) is 0 Å². The number of guanidine groups is 1. The summed E-state index contributed by atoms with van der Waals surface area (Å²) in [5.41, 5.74) is 1.11. The average molecular weight is 344 g/mol. The van der Waals surface area contributed by atoms with Crippen LogP contribution in [0.1, 0.15) is 23.3 Å². The Hall–Kier alpha value is -2.31. The maximum Gasteiger partial charge on any atom is 0.191 e. The summed E-state index contributed by atoms with van der Waals surface area (Å²) in [6.07, 6.45) is 1.69. The summed E-state index contributed by atoms with van der Waals surface area (Å²) in [7, 11) is 5.77. The molecule has 0 amide bonds. The first-order valence-electron chi connectivity index (χ1n) is 8.45. The monoisotopic (exact) mass is 344 g/mol. The van der Waals surface area contributed by atoms with Crippen molar-refractivity contribution in [2.45, 2.75) is 12.0 Å². The summed E-state index contributed by atoms with van der Waals surface area (Å²) in [5, 5.41) is 16.3. The lowest BCUT2D eigenvalue weighted by molar-refractivity contribution is 0.257. The number of likely N-dealkylation sites (N-methyl/N-ethyl adjacent to an activating group) is 1. The fourth-order valence-corrected chi connectivity index (χ4v) is 2.67. The van der Waals surface area contributed by atoms with Gasteiger partial charge in [-0.05, 0) is 31.8 Å². The molecule has 0 fully saturated rings. The minimum absolute atomic E-state index is 0.0227. The lowest BCUT2D eigenvalue weighted by Gasteiger charge is -2.24. The molecule has 0 bridgehead atoms. The van der Waals surface area contributed by atoms with E-state index in [1.807, 2.05) is 56.6 Å². The molecule has 6 heteroatoms. The highest BCUT2D eigenvalue weighted by Crippen LogP contribution is 2.17. The van der Waals surface area contributed by atoms with Crippen LogP contribution in [0.3, 0.4) is 0 Å². The number of nitrogens with zero attached hydrogens (tertiary/aromatic N) is 2. The number of furan rings is 1. The summed E-state index contributed by atoms with van der Waals surface area (Å²) in [6.45, 7) is 1.35. The van der Waals surface area contributed by atoms with E-state index in [0.717, 1.165) is 11.3 Å². The molecule has 0 spiro atoms. The fraction of sp³-hybridized carbons (Fsp3) is 0.421. The maximum absolute atomic E-state index is 9.66. The van der Waals surface area contributed by atoms with Crippen LogP contribution in [0.4, 0.5) is 0 Å². The Morgan fingerprint density at radius 3 is 2.40 bits per heavy atom. The molecule has 0 aliphatic carbocycles. The second-order valence-corrected chi connectivity index (χ2v) is 6.12. The zero-order valence-corrected chi connectivity index (χ0v) is 15.1. The zero-order chi connectivity index (χ0) is 18.1. The van der Waals surface area contributed by atoms with Gasteiger partial charge in [-0.3, -0.25) is 9.89 Å². The Morgan fingerprint density at radius 2 is 1.84 bits per heavy atom. The topological polar surface area (TPSA) is 73.0 Å². The molecule has 3 N–H and O–H groups in total. The molecule has 2 rings (SSSR count). The Kier molecular flexibility index (Phi) is 7.50. The van der Waals surface area contributed by atoms with Crippen LogP contribution < -0.4 is 10.6 Å². The standard InChI is InChI=1S/C19H28N4O2/c1-20-19(21-12-16(14-24)15-8-5-4-6-9-15)22-13-17(23(2)3)18-10-7-11-25-18/h4-11,16-17,24H,12-14H2,1-3H3,(H2,20,21,22). The van der Waals surface area contributed by atoms with Crippen LogP contribution in [-0.4, -0.2) is 56.8 Å². The van der Waals surface area contributed by atoms with Crippen molar-refractivity contribution in [3.8, 4) is 0 Å². The highest BCUT2D eigenvalue weighted by Gasteiger charge is 2.17. The van der Waals surface area contributed by atoms with E-state index in [1.165, 1.54) is 0 Å². The van der Waals surface area contributed by atoms with Crippen molar-refractivity contribution in [3.63, 3.8) is 0 Å². The normalized spacial score (nSPS) is 14.4. The van der Waals surface area contributed by atoms with Gasteiger partial charge in [0.2, 0.25) is 0 Å². The van der Waals surface area contributed by atoms with Gasteiger partial charge in [-0.1, -0.05) is 30.3 Å². The third-order valence-electron chi connectivity index (χ3n) is 4.19. The van der Waals surface area contributed by atoms with E-state index in [9.17, 15) is 5.11 Å². The van der Waals surface area contributed by atoms with Crippen LogP contribution >= 0.6 is 0 Å². The minimum atomic E-state index is 0.0227. The van der Waals surface area contributed by atoms with Crippen LogP contribution in [0.15, 0.2) is 58.1 Å². The molecular weight excluding hydrogens is 316 g/mol. The van der Waals surface area contributed by atoms with E-state index in [0.29, 0.717) is 19.0 Å². The molecular formula is C19H28N4O2. The molecule has 1 heterocycles. The molecule has 0 aliphatic heterocycles. The number of hydrogen-bond acceptors (Lipinski definition) is 4. The second-order valence-electron chi connectivity index (χ2n) is 6.12. The Bertz CT molecular complexity index is 626. The van der Waals surface area contributed by atoms with Crippen molar-refractivity contribution in [1.82, 2.24) is 15.5 Å². The van der Waals surface area contributed by atoms with Gasteiger partial charge < -0.3 is 20.2 Å². The molecule has 0 aliphatic rings. The molecule has 1 aromatic carbocycles. The van der Waals surface area contributed by atoms with Gasteiger partial charge in [-0.25, -0.2) is 0 Å². The smallest absolute Gasteiger partial charge is 0.191 e. The third kappa shape index (κ3) is 5.62. The first-order chi connectivity index (χ1) is 12.2. The number of rotatable bonds is 8. The summed E-state index contributed by atoms with van der Waals surface area (Å²) in [5.74, 6) is 1.63. The Labute approximate surface area is 149 Å². The Morgan fingerprint density at radius 1 is 1.12 bits per heavy atom. The van der Waals surface area contributed by atoms with Crippen molar-refractivity contribution >= 4 is 5.96 Å². The van der Waals surface area contributed by atoms with Crippen LogP contribution in [0.2, 0.25) is 0 Å². The summed E-state index contributed by atoms with van der Waals surface area (Å²) < 4.78 is 5.52. The average Bonchev–Trinajstić information content (AvgIpc) is 3.15. The highest BCUT2D eigenvalue weighted by molar-refractivity contribution is 5.79. The van der Waals surface area contributed by atoms with Crippen molar-refractivity contribution in [2.24, 2.45) is 4.99 Å². The van der Waals surface area contributed by atoms with Crippen LogP contribution in [-0.2, 0) is 0 Å². The molecule has 2 atom stereocenters. The number of aliphatic imine (C=N–C) groups is 1. The second kappa shape index (κ2) is 9.86. The molecule has 0 saturated heterocycles. The van der Waals surface area contributed by atoms with E-state index < -0.39 is 0 Å². The summed E-state index contributed by atoms with van der Waals surface area (Å²) in [6, 6.07) is 14.0. The highest BCUT2D eigenvalue weighted by atomic mass is 16.3. The van der Waals surface area contributed by atoms with Crippen LogP contribution in [0.25, 0.3) is 0 Å². The SMILES string of the molecule is CN=C(NCC(CO)c1ccccc1)NCC(c1ccco1)N(C)C. The molecule has 2 unspecified atom stereocenters. The van der Waals surface area contributed by atoms with Crippen molar-refractivity contribution in [2.75, 3.05) is 40.8 Å². The molecule has 2 aromatic rings. The quantitative estimate of drug-likeness (QED) is 0.503. The van der Waals surface area contributed by atoms with E-state index in [2.05, 4.69) is 20.5 Å². The van der Waals surface area contributed by atoms with Gasteiger partial charge in [0.15, 0.2) is 5.96 Å². The number of nitrogens with one attached hydrogen (secondary N) is 2. The number of aliphatic hydroxyl groups is 1. The van der Waals surface area contributed by atoms with E-state index >= 15 is 0 Å². The lowest BCUT2D eigenvalue weighted by Crippen LogP contribution is -2.43. The Balaban J connectivity index is 1.89. The third-order valence-corrected chi connectivity index (χ3v) is 4.19. The molecule has 0 radical (unpaired) electrons. The van der Waals surface area contributed by atoms with Crippen molar-refractivity contribution < 1.29 is 9.52 Å². The van der Waals surface area contributed by atoms with Gasteiger partial charge in [0, 0.05) is 26.1 Å². The first kappa shape index (κ1) is 19.0. The van der Waals surface area contributed by atoms with Gasteiger partial charge in [-0.15, -0.1) is 0 Å². The van der Waals surface area contributed by atoms with Crippen molar-refractivity contribution in [3.05, 3.63) is 60.1 Å². The number of aliphatic hydroxyl groups excluding tert-OH is 1. The van der Waals surface area contributed by atoms with E-state index in [4.69, 9.17) is 4.42 Å². The van der Waals surface area contributed by atoms with Crippen LogP contribution in [0, 0.1) is 0 Å². The molecule has 25 heavy (non-hydrogen) atoms. The van der Waals surface area contributed by atoms with Gasteiger partial charge in [0.05, 0.1) is 18.9 Å². The predicted octanol–water partition coefficient (Wildman–Crippen LogP) is 1.82. The van der Waals surface area contributed by atoms with E-state index in [1.54, 1.807) is 13.3 Å². The lowest BCUT2D eigenvalue weighted by atomic mass is 10.0. The maximum atomic E-state index is 9.66. The van der Waals surface area contributed by atoms with Gasteiger partial charge >= 0.3 is 0 Å². The first-order valence-corrected chi connectivity index (χ1v) is 8.45. The van der Waals surface area contributed by atoms with E-state index in [-0.39, 0.29) is 18.6 Å². The summed E-state index contributed by atoms with van der Waals surface area (Å²) in [4.78, 5) is 6.36. The van der Waals surface area contributed by atoms with Gasteiger partial charge in [0.25, 0.3) is 0 Å². The van der Waals surface area contributed by atoms with Gasteiger partial charge in [-0.2, -0.15) is 0 Å². The minimum Gasteiger partial charge on any atom is -0.468 e.